The molecule has 4 bridgehead atoms. The molecule has 0 aromatic carbocycles. The van der Waals surface area contributed by atoms with Crippen molar-refractivity contribution < 1.29 is 4.52 Å². The lowest BCUT2D eigenvalue weighted by Crippen LogP contribution is -2.44. The van der Waals surface area contributed by atoms with E-state index < -0.39 is 0 Å². The van der Waals surface area contributed by atoms with E-state index in [1.165, 1.54) is 32.1 Å². The Balaban J connectivity index is 1.56. The summed E-state index contributed by atoms with van der Waals surface area (Å²) in [5, 5.41) is 4.30. The van der Waals surface area contributed by atoms with Gasteiger partial charge in [0, 0.05) is 5.92 Å². The first kappa shape index (κ1) is 12.8. The highest BCUT2D eigenvalue weighted by Crippen LogP contribution is 2.59. The van der Waals surface area contributed by atoms with Crippen molar-refractivity contribution in [3.05, 3.63) is 11.7 Å². The van der Waals surface area contributed by atoms with Crippen LogP contribution >= 0.6 is 0 Å². The fraction of sp³-hybridized carbons (Fsp3) is 0.875. The second-order valence-corrected chi connectivity index (χ2v) is 7.34. The van der Waals surface area contributed by atoms with Crippen molar-refractivity contribution >= 4 is 0 Å². The van der Waals surface area contributed by atoms with E-state index >= 15 is 0 Å². The molecular weight excluding hydrogens is 250 g/mol. The third-order valence-electron chi connectivity index (χ3n) is 5.90. The number of rotatable bonds is 4. The van der Waals surface area contributed by atoms with Crippen LogP contribution in [0, 0.1) is 23.7 Å². The minimum atomic E-state index is -0.0851. The van der Waals surface area contributed by atoms with E-state index in [2.05, 4.69) is 17.1 Å². The highest BCUT2D eigenvalue weighted by molar-refractivity contribution is 5.10. The van der Waals surface area contributed by atoms with Gasteiger partial charge in [-0.2, -0.15) is 4.98 Å². The Morgan fingerprint density at radius 2 is 1.80 bits per heavy atom. The van der Waals surface area contributed by atoms with Gasteiger partial charge in [0.25, 0.3) is 0 Å². The van der Waals surface area contributed by atoms with Crippen molar-refractivity contribution in [3.63, 3.8) is 0 Å². The second kappa shape index (κ2) is 4.83. The highest BCUT2D eigenvalue weighted by Gasteiger charge is 2.50. The fourth-order valence-corrected chi connectivity index (χ4v) is 5.31. The molecule has 1 heterocycles. The van der Waals surface area contributed by atoms with Crippen LogP contribution in [0.15, 0.2) is 4.52 Å². The molecule has 20 heavy (non-hydrogen) atoms. The maximum Gasteiger partial charge on any atom is 0.243 e. The zero-order chi connectivity index (χ0) is 13.7. The van der Waals surface area contributed by atoms with E-state index in [1.807, 2.05) is 0 Å². The van der Waals surface area contributed by atoms with Gasteiger partial charge in [-0.15, -0.1) is 0 Å². The fourth-order valence-electron chi connectivity index (χ4n) is 5.31. The van der Waals surface area contributed by atoms with Gasteiger partial charge < -0.3 is 10.3 Å². The van der Waals surface area contributed by atoms with Crippen LogP contribution in [0.4, 0.5) is 0 Å². The van der Waals surface area contributed by atoms with Gasteiger partial charge in [-0.3, -0.25) is 0 Å². The minimum absolute atomic E-state index is 0.0851. The summed E-state index contributed by atoms with van der Waals surface area (Å²) in [7, 11) is 0. The zero-order valence-corrected chi connectivity index (χ0v) is 12.3. The predicted octanol–water partition coefficient (Wildman–Crippen LogP) is 3.41. The average molecular weight is 275 g/mol. The van der Waals surface area contributed by atoms with Crippen LogP contribution in [0.1, 0.15) is 75.5 Å². The van der Waals surface area contributed by atoms with Crippen molar-refractivity contribution in [1.29, 1.82) is 0 Å². The summed E-state index contributed by atoms with van der Waals surface area (Å²) >= 11 is 0. The standard InChI is InChI=1S/C16H25N3O/c1-2-3-13(17)16-18-15(19-20-16)14-11-5-9-4-10(7-11)8-12(14)6-9/h9-14H,2-8,17H2,1H3. The lowest BCUT2D eigenvalue weighted by Gasteiger charge is -2.53. The molecule has 4 aliphatic rings. The van der Waals surface area contributed by atoms with Gasteiger partial charge >= 0.3 is 0 Å². The van der Waals surface area contributed by atoms with Crippen molar-refractivity contribution in [2.75, 3.05) is 0 Å². The molecule has 0 aliphatic heterocycles. The molecule has 2 N–H and O–H groups in total. The first-order valence-electron chi connectivity index (χ1n) is 8.33. The molecule has 0 spiro atoms. The average Bonchev–Trinajstić information content (AvgIpc) is 2.87. The Labute approximate surface area is 120 Å². The van der Waals surface area contributed by atoms with Gasteiger partial charge in [0.2, 0.25) is 5.89 Å². The van der Waals surface area contributed by atoms with E-state index in [-0.39, 0.29) is 6.04 Å². The van der Waals surface area contributed by atoms with Crippen LogP contribution in [0.5, 0.6) is 0 Å². The number of aromatic nitrogens is 2. The molecule has 4 nitrogen and oxygen atoms in total. The van der Waals surface area contributed by atoms with E-state index in [0.29, 0.717) is 11.8 Å². The van der Waals surface area contributed by atoms with Crippen LogP contribution in [-0.2, 0) is 0 Å². The molecule has 4 fully saturated rings. The van der Waals surface area contributed by atoms with E-state index in [9.17, 15) is 0 Å². The number of nitrogens with two attached hydrogens (primary N) is 1. The first-order valence-corrected chi connectivity index (χ1v) is 8.33. The van der Waals surface area contributed by atoms with E-state index in [4.69, 9.17) is 10.3 Å². The van der Waals surface area contributed by atoms with Gasteiger partial charge in [-0.1, -0.05) is 18.5 Å². The van der Waals surface area contributed by atoms with Crippen LogP contribution in [0.3, 0.4) is 0 Å². The Hall–Kier alpha value is -0.900. The largest absolute Gasteiger partial charge is 0.338 e. The monoisotopic (exact) mass is 275 g/mol. The Kier molecular flexibility index (Phi) is 3.09. The summed E-state index contributed by atoms with van der Waals surface area (Å²) in [6, 6.07) is -0.0851. The molecule has 4 aliphatic carbocycles. The van der Waals surface area contributed by atoms with Gasteiger partial charge in [0.05, 0.1) is 6.04 Å². The summed E-state index contributed by atoms with van der Waals surface area (Å²) in [5.41, 5.74) is 6.10. The van der Waals surface area contributed by atoms with Crippen LogP contribution < -0.4 is 5.73 Å². The third kappa shape index (κ3) is 2.00. The SMILES string of the molecule is CCCC(N)c1nc(C2C3CC4CC(C3)CC2C4)no1. The maximum absolute atomic E-state index is 6.10. The lowest BCUT2D eigenvalue weighted by atomic mass is 9.52. The van der Waals surface area contributed by atoms with Gasteiger partial charge in [-0.05, 0) is 62.2 Å². The van der Waals surface area contributed by atoms with Crippen molar-refractivity contribution in [3.8, 4) is 0 Å². The highest BCUT2D eigenvalue weighted by atomic mass is 16.5. The predicted molar refractivity (Wildman–Crippen MR) is 75.9 cm³/mol. The first-order chi connectivity index (χ1) is 9.74. The van der Waals surface area contributed by atoms with Crippen molar-refractivity contribution in [2.45, 2.75) is 63.8 Å². The smallest absolute Gasteiger partial charge is 0.243 e. The second-order valence-electron chi connectivity index (χ2n) is 7.34. The molecule has 110 valence electrons. The Bertz CT molecular complexity index is 456. The van der Waals surface area contributed by atoms with Crippen LogP contribution in [-0.4, -0.2) is 10.1 Å². The Morgan fingerprint density at radius 1 is 1.15 bits per heavy atom. The lowest BCUT2D eigenvalue weighted by molar-refractivity contribution is -0.00629. The summed E-state index contributed by atoms with van der Waals surface area (Å²) in [4.78, 5) is 4.67. The van der Waals surface area contributed by atoms with Gasteiger partial charge in [-0.25, -0.2) is 0 Å². The summed E-state index contributed by atoms with van der Waals surface area (Å²) < 4.78 is 5.45. The molecule has 1 atom stereocenters. The third-order valence-corrected chi connectivity index (χ3v) is 5.90. The summed E-state index contributed by atoms with van der Waals surface area (Å²) in [6.45, 7) is 2.13. The van der Waals surface area contributed by atoms with Gasteiger partial charge in [0.15, 0.2) is 5.82 Å². The molecule has 0 amide bonds. The normalized spacial score (nSPS) is 40.2. The topological polar surface area (TPSA) is 64.9 Å². The number of hydrogen-bond donors (Lipinski definition) is 1. The van der Waals surface area contributed by atoms with Crippen molar-refractivity contribution in [1.82, 2.24) is 10.1 Å². The molecule has 4 saturated carbocycles. The molecular formula is C16H25N3O. The number of nitrogens with zero attached hydrogens (tertiary/aromatic N) is 2. The molecule has 5 rings (SSSR count). The summed E-state index contributed by atoms with van der Waals surface area (Å²) in [6.07, 6.45) is 9.02. The van der Waals surface area contributed by atoms with Crippen LogP contribution in [0.2, 0.25) is 0 Å². The van der Waals surface area contributed by atoms with Gasteiger partial charge in [0.1, 0.15) is 0 Å². The Morgan fingerprint density at radius 3 is 2.40 bits per heavy atom. The molecule has 0 radical (unpaired) electrons. The molecule has 0 saturated heterocycles. The quantitative estimate of drug-likeness (QED) is 0.914. The van der Waals surface area contributed by atoms with Crippen molar-refractivity contribution in [2.24, 2.45) is 29.4 Å². The zero-order valence-electron chi connectivity index (χ0n) is 12.3. The molecule has 1 aromatic rings. The minimum Gasteiger partial charge on any atom is -0.338 e. The maximum atomic E-state index is 6.10. The van der Waals surface area contributed by atoms with E-state index in [1.54, 1.807) is 0 Å². The van der Waals surface area contributed by atoms with E-state index in [0.717, 1.165) is 42.3 Å². The molecule has 1 unspecified atom stereocenters. The van der Waals surface area contributed by atoms with Crippen LogP contribution in [0.25, 0.3) is 0 Å². The molecule has 4 heteroatoms. The summed E-state index contributed by atoms with van der Waals surface area (Å²) in [5.74, 6) is 5.74. The number of hydrogen-bond acceptors (Lipinski definition) is 4. The molecule has 1 aromatic heterocycles.